The van der Waals surface area contributed by atoms with Crippen molar-refractivity contribution < 1.29 is 4.79 Å². The zero-order valence-corrected chi connectivity index (χ0v) is 18.2. The fourth-order valence-corrected chi connectivity index (χ4v) is 4.66. The zero-order chi connectivity index (χ0) is 21.4. The minimum atomic E-state index is 0.0489. The van der Waals surface area contributed by atoms with Gasteiger partial charge >= 0.3 is 0 Å². The van der Waals surface area contributed by atoms with E-state index in [1.165, 1.54) is 0 Å². The van der Waals surface area contributed by atoms with Crippen molar-refractivity contribution >= 4 is 28.5 Å². The molecule has 2 heterocycles. The fraction of sp³-hybridized carbons (Fsp3) is 0.231. The summed E-state index contributed by atoms with van der Waals surface area (Å²) >= 11 is 6.07. The molecule has 156 valence electrons. The van der Waals surface area contributed by atoms with E-state index >= 15 is 0 Å². The molecule has 1 amide bonds. The van der Waals surface area contributed by atoms with E-state index in [0.29, 0.717) is 19.5 Å². The molecule has 0 bridgehead atoms. The molecule has 1 aromatic heterocycles. The highest BCUT2D eigenvalue weighted by Gasteiger charge is 2.36. The number of nitrogens with zero attached hydrogens (tertiary/aromatic N) is 3. The molecule has 2 atom stereocenters. The van der Waals surface area contributed by atoms with Crippen molar-refractivity contribution in [2.75, 3.05) is 6.54 Å². The molecule has 1 aliphatic heterocycles. The minimum Gasteiger partial charge on any atom is -0.335 e. The second-order valence-corrected chi connectivity index (χ2v) is 8.64. The Bertz CT molecular complexity index is 1220. The number of benzene rings is 3. The molecule has 5 rings (SSSR count). The van der Waals surface area contributed by atoms with Crippen molar-refractivity contribution in [2.45, 2.75) is 31.8 Å². The molecule has 4 nitrogen and oxygen atoms in total. The number of likely N-dealkylation sites (tertiary alicyclic amines) is 1. The third kappa shape index (κ3) is 3.84. The predicted octanol–water partition coefficient (Wildman–Crippen LogP) is 5.82. The molecule has 31 heavy (non-hydrogen) atoms. The summed E-state index contributed by atoms with van der Waals surface area (Å²) in [7, 11) is 0. The van der Waals surface area contributed by atoms with Gasteiger partial charge in [0.25, 0.3) is 0 Å². The molecule has 0 N–H and O–H groups in total. The SMILES string of the molecule is CC(c1ccccc1)N1CC(c2nc3ccccc3n2Cc2ccc(Cl)cc2)CC1=O. The molecular weight excluding hydrogens is 406 g/mol. The quantitative estimate of drug-likeness (QED) is 0.401. The summed E-state index contributed by atoms with van der Waals surface area (Å²) in [6.07, 6.45) is 0.487. The van der Waals surface area contributed by atoms with Gasteiger partial charge in [-0.25, -0.2) is 4.98 Å². The van der Waals surface area contributed by atoms with E-state index in [1.54, 1.807) is 0 Å². The number of fused-ring (bicyclic) bond motifs is 1. The Morgan fingerprint density at radius 3 is 2.48 bits per heavy atom. The van der Waals surface area contributed by atoms with Gasteiger partial charge in [-0.3, -0.25) is 4.79 Å². The average molecular weight is 430 g/mol. The lowest BCUT2D eigenvalue weighted by atomic mass is 10.1. The summed E-state index contributed by atoms with van der Waals surface area (Å²) in [4.78, 5) is 19.9. The number of para-hydroxylation sites is 2. The van der Waals surface area contributed by atoms with Crippen LogP contribution in [0.25, 0.3) is 11.0 Å². The standard InChI is InChI=1S/C26H24ClN3O/c1-18(20-7-3-2-4-8-20)29-17-21(15-25(29)31)26-28-23-9-5-6-10-24(23)30(26)16-19-11-13-22(27)14-12-19/h2-14,18,21H,15-17H2,1H3. The molecule has 0 spiro atoms. The molecule has 2 unspecified atom stereocenters. The molecular formula is C26H24ClN3O. The number of amides is 1. The predicted molar refractivity (Wildman–Crippen MR) is 124 cm³/mol. The van der Waals surface area contributed by atoms with Crippen molar-refractivity contribution in [1.29, 1.82) is 0 Å². The van der Waals surface area contributed by atoms with Crippen LogP contribution >= 0.6 is 11.6 Å². The van der Waals surface area contributed by atoms with E-state index in [4.69, 9.17) is 16.6 Å². The second kappa shape index (κ2) is 8.20. The molecule has 0 radical (unpaired) electrons. The Kier molecular flexibility index (Phi) is 5.24. The van der Waals surface area contributed by atoms with E-state index in [9.17, 15) is 4.79 Å². The van der Waals surface area contributed by atoms with E-state index in [-0.39, 0.29) is 17.9 Å². The largest absolute Gasteiger partial charge is 0.335 e. The third-order valence-corrected chi connectivity index (χ3v) is 6.46. The number of carbonyl (C=O) groups excluding carboxylic acids is 1. The van der Waals surface area contributed by atoms with Crippen LogP contribution in [0.1, 0.15) is 42.3 Å². The number of hydrogen-bond donors (Lipinski definition) is 0. The van der Waals surface area contributed by atoms with E-state index in [0.717, 1.165) is 33.0 Å². The van der Waals surface area contributed by atoms with Crippen molar-refractivity contribution in [2.24, 2.45) is 0 Å². The van der Waals surface area contributed by atoms with Gasteiger partial charge in [-0.05, 0) is 42.3 Å². The summed E-state index contributed by atoms with van der Waals surface area (Å²) in [6.45, 7) is 3.48. The summed E-state index contributed by atoms with van der Waals surface area (Å²) in [5, 5.41) is 0.728. The van der Waals surface area contributed by atoms with Crippen molar-refractivity contribution in [3.63, 3.8) is 0 Å². The van der Waals surface area contributed by atoms with Crippen molar-refractivity contribution in [3.8, 4) is 0 Å². The monoisotopic (exact) mass is 429 g/mol. The van der Waals surface area contributed by atoms with Gasteiger partial charge in [-0.15, -0.1) is 0 Å². The first-order valence-corrected chi connectivity index (χ1v) is 11.0. The van der Waals surface area contributed by atoms with Crippen molar-refractivity contribution in [3.05, 3.63) is 101 Å². The van der Waals surface area contributed by atoms with Crippen LogP contribution in [0.4, 0.5) is 0 Å². The molecule has 4 aromatic rings. The first-order chi connectivity index (χ1) is 15.1. The van der Waals surface area contributed by atoms with Crippen LogP contribution in [-0.4, -0.2) is 26.9 Å². The highest BCUT2D eigenvalue weighted by atomic mass is 35.5. The highest BCUT2D eigenvalue weighted by Crippen LogP contribution is 2.35. The summed E-state index contributed by atoms with van der Waals surface area (Å²) in [6, 6.07) is 26.4. The van der Waals surface area contributed by atoms with Gasteiger partial charge in [-0.2, -0.15) is 0 Å². The van der Waals surface area contributed by atoms with Crippen LogP contribution in [0.3, 0.4) is 0 Å². The molecule has 0 saturated carbocycles. The average Bonchev–Trinajstić information content (AvgIpc) is 3.36. The lowest BCUT2D eigenvalue weighted by Gasteiger charge is -2.25. The summed E-state index contributed by atoms with van der Waals surface area (Å²) in [5.41, 5.74) is 4.38. The molecule has 3 aromatic carbocycles. The topological polar surface area (TPSA) is 38.1 Å². The van der Waals surface area contributed by atoms with Crippen LogP contribution in [0, 0.1) is 0 Å². The molecule has 1 fully saturated rings. The van der Waals surface area contributed by atoms with E-state index < -0.39 is 0 Å². The van der Waals surface area contributed by atoms with Gasteiger partial charge in [-0.1, -0.05) is 66.2 Å². The zero-order valence-electron chi connectivity index (χ0n) is 17.4. The smallest absolute Gasteiger partial charge is 0.223 e. The van der Waals surface area contributed by atoms with Crippen LogP contribution in [0.5, 0.6) is 0 Å². The highest BCUT2D eigenvalue weighted by molar-refractivity contribution is 6.30. The molecule has 0 aliphatic carbocycles. The Hall–Kier alpha value is -3.11. The fourth-order valence-electron chi connectivity index (χ4n) is 4.53. The number of hydrogen-bond acceptors (Lipinski definition) is 2. The summed E-state index contributed by atoms with van der Waals surface area (Å²) < 4.78 is 2.26. The number of rotatable bonds is 5. The minimum absolute atomic E-state index is 0.0489. The van der Waals surface area contributed by atoms with Gasteiger partial charge in [0.15, 0.2) is 0 Å². The van der Waals surface area contributed by atoms with Gasteiger partial charge in [0.05, 0.1) is 17.1 Å². The molecule has 1 saturated heterocycles. The Labute approximate surface area is 187 Å². The number of carbonyl (C=O) groups is 1. The normalized spacial score (nSPS) is 17.4. The Balaban J connectivity index is 1.48. The lowest BCUT2D eigenvalue weighted by Crippen LogP contribution is -2.28. The molecule has 1 aliphatic rings. The maximum absolute atomic E-state index is 13.0. The van der Waals surface area contributed by atoms with E-state index in [2.05, 4.69) is 29.7 Å². The second-order valence-electron chi connectivity index (χ2n) is 8.21. The van der Waals surface area contributed by atoms with Crippen LogP contribution < -0.4 is 0 Å². The van der Waals surface area contributed by atoms with Gasteiger partial charge in [0.2, 0.25) is 5.91 Å². The first kappa shape index (κ1) is 19.8. The maximum Gasteiger partial charge on any atom is 0.223 e. The van der Waals surface area contributed by atoms with Crippen LogP contribution in [0.2, 0.25) is 5.02 Å². The van der Waals surface area contributed by atoms with Crippen molar-refractivity contribution in [1.82, 2.24) is 14.5 Å². The van der Waals surface area contributed by atoms with E-state index in [1.807, 2.05) is 65.6 Å². The van der Waals surface area contributed by atoms with Crippen LogP contribution in [-0.2, 0) is 11.3 Å². The Morgan fingerprint density at radius 1 is 1.00 bits per heavy atom. The van der Waals surface area contributed by atoms with Gasteiger partial charge in [0, 0.05) is 30.5 Å². The number of halogens is 1. The maximum atomic E-state index is 13.0. The van der Waals surface area contributed by atoms with Crippen LogP contribution in [0.15, 0.2) is 78.9 Å². The van der Waals surface area contributed by atoms with Gasteiger partial charge in [0.1, 0.15) is 5.82 Å². The lowest BCUT2D eigenvalue weighted by molar-refractivity contribution is -0.129. The van der Waals surface area contributed by atoms with Gasteiger partial charge < -0.3 is 9.47 Å². The molecule has 5 heteroatoms. The number of aromatic nitrogens is 2. The first-order valence-electron chi connectivity index (χ1n) is 10.6. The third-order valence-electron chi connectivity index (χ3n) is 6.21. The number of imidazole rings is 1. The summed E-state index contributed by atoms with van der Waals surface area (Å²) in [5.74, 6) is 1.23. The Morgan fingerprint density at radius 2 is 1.71 bits per heavy atom.